The van der Waals surface area contributed by atoms with E-state index in [0.717, 1.165) is 17.0 Å². The van der Waals surface area contributed by atoms with Crippen molar-refractivity contribution in [1.29, 1.82) is 0 Å². The third-order valence-electron chi connectivity index (χ3n) is 1.90. The molecule has 0 aromatic carbocycles. The molecule has 0 atom stereocenters. The number of hydrogen-bond donors (Lipinski definition) is 0. The summed E-state index contributed by atoms with van der Waals surface area (Å²) in [5, 5.41) is 0.678. The van der Waals surface area contributed by atoms with E-state index in [1.165, 1.54) is 0 Å². The lowest BCUT2D eigenvalue weighted by atomic mass is 10.2. The van der Waals surface area contributed by atoms with Crippen LogP contribution in [0.15, 0.2) is 36.7 Å². The Morgan fingerprint density at radius 2 is 1.93 bits per heavy atom. The topological polar surface area (TPSA) is 25.8 Å². The minimum absolute atomic E-state index is 0.678. The van der Waals surface area contributed by atoms with Gasteiger partial charge >= 0.3 is 0 Å². The van der Waals surface area contributed by atoms with Gasteiger partial charge in [0.05, 0.1) is 11.4 Å². The monoisotopic (exact) mass is 204 g/mol. The average Bonchev–Trinajstić information content (AvgIpc) is 2.19. The predicted octanol–water partition coefficient (Wildman–Crippen LogP) is 3.11. The lowest BCUT2D eigenvalue weighted by molar-refractivity contribution is 1.22. The van der Waals surface area contributed by atoms with Crippen molar-refractivity contribution >= 4 is 11.6 Å². The maximum absolute atomic E-state index is 5.86. The quantitative estimate of drug-likeness (QED) is 0.714. The van der Waals surface area contributed by atoms with E-state index in [2.05, 4.69) is 9.97 Å². The van der Waals surface area contributed by atoms with E-state index in [1.807, 2.05) is 25.3 Å². The van der Waals surface area contributed by atoms with Crippen molar-refractivity contribution in [2.45, 2.75) is 6.92 Å². The molecule has 2 aromatic rings. The molecular formula is C11H9ClN2. The van der Waals surface area contributed by atoms with Crippen LogP contribution in [0.4, 0.5) is 0 Å². The Morgan fingerprint density at radius 3 is 2.57 bits per heavy atom. The Hall–Kier alpha value is -1.41. The number of rotatable bonds is 1. The van der Waals surface area contributed by atoms with Gasteiger partial charge in [-0.15, -0.1) is 0 Å². The zero-order valence-corrected chi connectivity index (χ0v) is 8.49. The zero-order chi connectivity index (χ0) is 9.97. The van der Waals surface area contributed by atoms with Crippen molar-refractivity contribution in [1.82, 2.24) is 9.97 Å². The van der Waals surface area contributed by atoms with Crippen LogP contribution in [0.2, 0.25) is 5.02 Å². The molecule has 0 aliphatic carbocycles. The molecule has 0 aliphatic rings. The van der Waals surface area contributed by atoms with E-state index < -0.39 is 0 Å². The van der Waals surface area contributed by atoms with Gasteiger partial charge in [-0.3, -0.25) is 9.97 Å². The van der Waals surface area contributed by atoms with Gasteiger partial charge in [-0.25, -0.2) is 0 Å². The van der Waals surface area contributed by atoms with E-state index in [4.69, 9.17) is 11.6 Å². The van der Waals surface area contributed by atoms with Gasteiger partial charge in [-0.1, -0.05) is 17.7 Å². The summed E-state index contributed by atoms with van der Waals surface area (Å²) in [5.41, 5.74) is 2.78. The highest BCUT2D eigenvalue weighted by Crippen LogP contribution is 2.17. The SMILES string of the molecule is Cc1ccc(-c2cc(Cl)ccn2)nc1. The molecule has 0 fully saturated rings. The van der Waals surface area contributed by atoms with Crippen LogP contribution < -0.4 is 0 Å². The van der Waals surface area contributed by atoms with Crippen LogP contribution in [0.5, 0.6) is 0 Å². The Morgan fingerprint density at radius 1 is 1.07 bits per heavy atom. The number of aryl methyl sites for hydroxylation is 1. The lowest BCUT2D eigenvalue weighted by Crippen LogP contribution is -1.86. The van der Waals surface area contributed by atoms with Crippen molar-refractivity contribution in [3.63, 3.8) is 0 Å². The number of aromatic nitrogens is 2. The number of nitrogens with zero attached hydrogens (tertiary/aromatic N) is 2. The number of halogens is 1. The molecule has 0 amide bonds. The largest absolute Gasteiger partial charge is 0.255 e. The average molecular weight is 205 g/mol. The molecule has 14 heavy (non-hydrogen) atoms. The second-order valence-electron chi connectivity index (χ2n) is 3.08. The highest BCUT2D eigenvalue weighted by Gasteiger charge is 2.00. The molecule has 2 rings (SSSR count). The molecule has 0 bridgehead atoms. The van der Waals surface area contributed by atoms with Gasteiger partial charge < -0.3 is 0 Å². The van der Waals surface area contributed by atoms with E-state index in [1.54, 1.807) is 18.3 Å². The predicted molar refractivity (Wildman–Crippen MR) is 57.2 cm³/mol. The fourth-order valence-corrected chi connectivity index (χ4v) is 1.32. The Labute approximate surface area is 87.6 Å². The smallest absolute Gasteiger partial charge is 0.0900 e. The van der Waals surface area contributed by atoms with E-state index >= 15 is 0 Å². The fourth-order valence-electron chi connectivity index (χ4n) is 1.16. The minimum atomic E-state index is 0.678. The van der Waals surface area contributed by atoms with Gasteiger partial charge in [0.1, 0.15) is 0 Å². The van der Waals surface area contributed by atoms with Gasteiger partial charge in [0.2, 0.25) is 0 Å². The molecule has 0 aliphatic heterocycles. The summed E-state index contributed by atoms with van der Waals surface area (Å²) >= 11 is 5.86. The van der Waals surface area contributed by atoms with Crippen molar-refractivity contribution in [2.75, 3.05) is 0 Å². The second kappa shape index (κ2) is 3.76. The summed E-state index contributed by atoms with van der Waals surface area (Å²) in [6.45, 7) is 2.00. The summed E-state index contributed by atoms with van der Waals surface area (Å²) < 4.78 is 0. The summed E-state index contributed by atoms with van der Waals surface area (Å²) in [7, 11) is 0. The highest BCUT2D eigenvalue weighted by atomic mass is 35.5. The first-order valence-electron chi connectivity index (χ1n) is 4.30. The first-order chi connectivity index (χ1) is 6.75. The Bertz CT molecular complexity index is 437. The van der Waals surface area contributed by atoms with E-state index in [9.17, 15) is 0 Å². The van der Waals surface area contributed by atoms with Crippen molar-refractivity contribution in [3.8, 4) is 11.4 Å². The third-order valence-corrected chi connectivity index (χ3v) is 2.13. The van der Waals surface area contributed by atoms with Crippen LogP contribution in [-0.2, 0) is 0 Å². The van der Waals surface area contributed by atoms with Crippen LogP contribution in [0.25, 0.3) is 11.4 Å². The Kier molecular flexibility index (Phi) is 2.46. The molecule has 2 aromatic heterocycles. The minimum Gasteiger partial charge on any atom is -0.255 e. The molecule has 3 heteroatoms. The molecule has 0 spiro atoms. The van der Waals surface area contributed by atoms with Gasteiger partial charge in [-0.05, 0) is 30.7 Å². The van der Waals surface area contributed by atoms with Crippen LogP contribution in [0, 0.1) is 6.92 Å². The van der Waals surface area contributed by atoms with Gasteiger partial charge in [0.15, 0.2) is 0 Å². The van der Waals surface area contributed by atoms with E-state index in [-0.39, 0.29) is 0 Å². The first kappa shape index (κ1) is 9.16. The maximum atomic E-state index is 5.86. The van der Waals surface area contributed by atoms with Crippen LogP contribution >= 0.6 is 11.6 Å². The third kappa shape index (κ3) is 1.91. The van der Waals surface area contributed by atoms with Crippen LogP contribution in [-0.4, -0.2) is 9.97 Å². The maximum Gasteiger partial charge on any atom is 0.0900 e. The molecule has 0 radical (unpaired) electrons. The van der Waals surface area contributed by atoms with Crippen molar-refractivity contribution in [2.24, 2.45) is 0 Å². The van der Waals surface area contributed by atoms with Crippen molar-refractivity contribution < 1.29 is 0 Å². The molecule has 0 saturated carbocycles. The standard InChI is InChI=1S/C11H9ClN2/c1-8-2-3-10(14-7-8)11-6-9(12)4-5-13-11/h2-7H,1H3. The highest BCUT2D eigenvalue weighted by molar-refractivity contribution is 6.30. The zero-order valence-electron chi connectivity index (χ0n) is 7.74. The molecule has 0 saturated heterocycles. The number of pyridine rings is 2. The molecule has 2 nitrogen and oxygen atoms in total. The molecule has 0 unspecified atom stereocenters. The lowest BCUT2D eigenvalue weighted by Gasteiger charge is -2.00. The van der Waals surface area contributed by atoms with Gasteiger partial charge in [-0.2, -0.15) is 0 Å². The summed E-state index contributed by atoms with van der Waals surface area (Å²) in [4.78, 5) is 8.46. The fraction of sp³-hybridized carbons (Fsp3) is 0.0909. The second-order valence-corrected chi connectivity index (χ2v) is 3.52. The molecule has 70 valence electrons. The summed E-state index contributed by atoms with van der Waals surface area (Å²) in [6.07, 6.45) is 3.50. The van der Waals surface area contributed by atoms with Gasteiger partial charge in [0, 0.05) is 17.4 Å². The van der Waals surface area contributed by atoms with Crippen LogP contribution in [0.3, 0.4) is 0 Å². The molecule has 2 heterocycles. The number of hydrogen-bond acceptors (Lipinski definition) is 2. The summed E-state index contributed by atoms with van der Waals surface area (Å²) in [6, 6.07) is 7.50. The summed E-state index contributed by atoms with van der Waals surface area (Å²) in [5.74, 6) is 0. The van der Waals surface area contributed by atoms with E-state index in [0.29, 0.717) is 5.02 Å². The first-order valence-corrected chi connectivity index (χ1v) is 4.68. The molecule has 0 N–H and O–H groups in total. The van der Waals surface area contributed by atoms with Crippen LogP contribution in [0.1, 0.15) is 5.56 Å². The Balaban J connectivity index is 2.44. The van der Waals surface area contributed by atoms with Crippen molar-refractivity contribution in [3.05, 3.63) is 47.2 Å². The molecular weight excluding hydrogens is 196 g/mol. The normalized spacial score (nSPS) is 10.1. The van der Waals surface area contributed by atoms with Gasteiger partial charge in [0.25, 0.3) is 0 Å².